The number of aliphatic hydroxyl groups is 1. The average Bonchev–Trinajstić information content (AvgIpc) is 3.14. The molecule has 192 valence electrons. The lowest BCUT2D eigenvalue weighted by Crippen LogP contribution is -2.29. The summed E-state index contributed by atoms with van der Waals surface area (Å²) in [4.78, 5) is 30.3. The maximum absolute atomic E-state index is 13.5. The van der Waals surface area contributed by atoms with E-state index in [1.165, 1.54) is 4.90 Å². The Labute approximate surface area is 217 Å². The molecule has 0 bridgehead atoms. The van der Waals surface area contributed by atoms with E-state index in [-0.39, 0.29) is 17.4 Å². The van der Waals surface area contributed by atoms with Crippen molar-refractivity contribution in [2.24, 2.45) is 0 Å². The van der Waals surface area contributed by atoms with Crippen molar-refractivity contribution in [3.63, 3.8) is 0 Å². The molecule has 3 aromatic rings. The van der Waals surface area contributed by atoms with Gasteiger partial charge in [0.1, 0.15) is 17.3 Å². The molecule has 0 aromatic heterocycles. The maximum Gasteiger partial charge on any atom is 0.300 e. The lowest BCUT2D eigenvalue weighted by molar-refractivity contribution is -0.132. The number of amides is 1. The van der Waals surface area contributed by atoms with Crippen molar-refractivity contribution >= 4 is 28.8 Å². The number of rotatable bonds is 8. The second-order valence-corrected chi connectivity index (χ2v) is 9.28. The summed E-state index contributed by atoms with van der Waals surface area (Å²) in [6.45, 7) is 6.18. The highest BCUT2D eigenvalue weighted by Crippen LogP contribution is 2.43. The van der Waals surface area contributed by atoms with Gasteiger partial charge in [-0.05, 0) is 74.9 Å². The predicted octanol–water partition coefficient (Wildman–Crippen LogP) is 5.56. The smallest absolute Gasteiger partial charge is 0.300 e. The quantitative estimate of drug-likeness (QED) is 0.248. The molecule has 1 fully saturated rings. The molecule has 0 spiro atoms. The van der Waals surface area contributed by atoms with Crippen LogP contribution < -0.4 is 19.3 Å². The van der Waals surface area contributed by atoms with Crippen LogP contribution in [-0.4, -0.2) is 43.6 Å². The zero-order valence-electron chi connectivity index (χ0n) is 21.8. The number of hydrogen-bond acceptors (Lipinski definition) is 6. The third kappa shape index (κ3) is 5.31. The van der Waals surface area contributed by atoms with Gasteiger partial charge in [-0.3, -0.25) is 14.5 Å². The van der Waals surface area contributed by atoms with Gasteiger partial charge in [-0.25, -0.2) is 0 Å². The number of benzene rings is 3. The molecule has 1 atom stereocenters. The normalized spacial score (nSPS) is 16.8. The number of anilines is 2. The average molecular weight is 501 g/mol. The van der Waals surface area contributed by atoms with Crippen molar-refractivity contribution in [1.29, 1.82) is 0 Å². The first-order valence-electron chi connectivity index (χ1n) is 12.3. The first-order valence-corrected chi connectivity index (χ1v) is 12.3. The van der Waals surface area contributed by atoms with Crippen LogP contribution >= 0.6 is 0 Å². The summed E-state index contributed by atoms with van der Waals surface area (Å²) in [6, 6.07) is 20.7. The van der Waals surface area contributed by atoms with Gasteiger partial charge in [0.05, 0.1) is 24.3 Å². The Bertz CT molecular complexity index is 1330. The van der Waals surface area contributed by atoms with Crippen molar-refractivity contribution in [3.8, 4) is 11.5 Å². The molecular formula is C30H32N2O5. The number of carbonyl (C=O) groups is 2. The van der Waals surface area contributed by atoms with Crippen molar-refractivity contribution in [2.45, 2.75) is 32.9 Å². The second kappa shape index (κ2) is 10.8. The van der Waals surface area contributed by atoms with Gasteiger partial charge in [-0.1, -0.05) is 24.3 Å². The van der Waals surface area contributed by atoms with E-state index in [9.17, 15) is 14.7 Å². The summed E-state index contributed by atoms with van der Waals surface area (Å²) < 4.78 is 11.5. The summed E-state index contributed by atoms with van der Waals surface area (Å²) in [6.07, 6.45) is -0.0542. The molecule has 37 heavy (non-hydrogen) atoms. The van der Waals surface area contributed by atoms with Gasteiger partial charge in [0.25, 0.3) is 11.7 Å². The number of aliphatic hydroxyl groups excluding tert-OH is 1. The molecule has 0 radical (unpaired) electrons. The van der Waals surface area contributed by atoms with E-state index in [2.05, 4.69) is 0 Å². The van der Waals surface area contributed by atoms with Gasteiger partial charge in [0, 0.05) is 31.0 Å². The maximum atomic E-state index is 13.5. The second-order valence-electron chi connectivity index (χ2n) is 9.28. The molecular weight excluding hydrogens is 468 g/mol. The largest absolute Gasteiger partial charge is 0.507 e. The van der Waals surface area contributed by atoms with Crippen LogP contribution in [0.5, 0.6) is 11.5 Å². The van der Waals surface area contributed by atoms with Crippen LogP contribution in [0.25, 0.3) is 5.76 Å². The van der Waals surface area contributed by atoms with Crippen LogP contribution in [-0.2, 0) is 9.59 Å². The number of ether oxygens (including phenoxy) is 2. The van der Waals surface area contributed by atoms with E-state index in [0.29, 0.717) is 34.9 Å². The molecule has 7 heteroatoms. The summed E-state index contributed by atoms with van der Waals surface area (Å²) in [5.41, 5.74) is 2.56. The summed E-state index contributed by atoms with van der Waals surface area (Å²) in [7, 11) is 3.86. The molecule has 1 aliphatic rings. The Balaban J connectivity index is 1.90. The molecule has 1 saturated heterocycles. The van der Waals surface area contributed by atoms with E-state index < -0.39 is 17.7 Å². The molecule has 0 aliphatic carbocycles. The zero-order chi connectivity index (χ0) is 26.7. The Hall–Kier alpha value is -4.26. The van der Waals surface area contributed by atoms with Crippen LogP contribution in [0.4, 0.5) is 11.4 Å². The standard InChI is InChI=1S/C30H32N2O5/c1-6-36-24-11-8-10-21(18-24)28(33)26-27(20-9-7-12-25(17-20)37-19(2)3)32(30(35)29(26)34)23-15-13-22(14-16-23)31(4)5/h7-19,27,33H,6H2,1-5H3/b28-26-. The fourth-order valence-corrected chi connectivity index (χ4v) is 4.41. The topological polar surface area (TPSA) is 79.3 Å². The first kappa shape index (κ1) is 25.8. The molecule has 3 aromatic carbocycles. The molecule has 1 N–H and O–H groups in total. The SMILES string of the molecule is CCOc1cccc(/C(O)=C2/C(=O)C(=O)N(c3ccc(N(C)C)cc3)C2c2cccc(OC(C)C)c2)c1. The Morgan fingerprint density at radius 3 is 2.30 bits per heavy atom. The van der Waals surface area contributed by atoms with Gasteiger partial charge in [0.15, 0.2) is 0 Å². The van der Waals surface area contributed by atoms with Gasteiger partial charge < -0.3 is 19.5 Å². The number of ketones is 1. The summed E-state index contributed by atoms with van der Waals surface area (Å²) >= 11 is 0. The number of nitrogens with zero attached hydrogens (tertiary/aromatic N) is 2. The molecule has 4 rings (SSSR count). The van der Waals surface area contributed by atoms with Gasteiger partial charge in [0.2, 0.25) is 0 Å². The Morgan fingerprint density at radius 1 is 0.973 bits per heavy atom. The Kier molecular flexibility index (Phi) is 7.53. The predicted molar refractivity (Wildman–Crippen MR) is 145 cm³/mol. The van der Waals surface area contributed by atoms with E-state index in [1.807, 2.05) is 76.2 Å². The monoisotopic (exact) mass is 500 g/mol. The van der Waals surface area contributed by atoms with Crippen molar-refractivity contribution < 1.29 is 24.2 Å². The summed E-state index contributed by atoms with van der Waals surface area (Å²) in [5, 5.41) is 11.4. The van der Waals surface area contributed by atoms with Crippen molar-refractivity contribution in [1.82, 2.24) is 0 Å². The fourth-order valence-electron chi connectivity index (χ4n) is 4.41. The van der Waals surface area contributed by atoms with E-state index in [4.69, 9.17) is 9.47 Å². The highest BCUT2D eigenvalue weighted by molar-refractivity contribution is 6.51. The number of hydrogen-bond donors (Lipinski definition) is 1. The summed E-state index contributed by atoms with van der Waals surface area (Å²) in [5.74, 6) is -0.549. The minimum atomic E-state index is -0.850. The van der Waals surface area contributed by atoms with Crippen LogP contribution in [0, 0.1) is 0 Å². The van der Waals surface area contributed by atoms with Crippen LogP contribution in [0.3, 0.4) is 0 Å². The molecule has 7 nitrogen and oxygen atoms in total. The third-order valence-electron chi connectivity index (χ3n) is 6.05. The van der Waals surface area contributed by atoms with Gasteiger partial charge >= 0.3 is 0 Å². The van der Waals surface area contributed by atoms with Crippen molar-refractivity contribution in [2.75, 3.05) is 30.5 Å². The third-order valence-corrected chi connectivity index (χ3v) is 6.05. The van der Waals surface area contributed by atoms with Gasteiger partial charge in [-0.15, -0.1) is 0 Å². The van der Waals surface area contributed by atoms with Crippen LogP contribution in [0.1, 0.15) is 37.9 Å². The highest BCUT2D eigenvalue weighted by atomic mass is 16.5. The lowest BCUT2D eigenvalue weighted by Gasteiger charge is -2.26. The van der Waals surface area contributed by atoms with E-state index >= 15 is 0 Å². The number of carbonyl (C=O) groups excluding carboxylic acids is 2. The molecule has 1 heterocycles. The van der Waals surface area contributed by atoms with Gasteiger partial charge in [-0.2, -0.15) is 0 Å². The fraction of sp³-hybridized carbons (Fsp3) is 0.267. The molecule has 1 amide bonds. The number of Topliss-reactive ketones (excluding diaryl/α,β-unsaturated/α-hetero) is 1. The first-order chi connectivity index (χ1) is 17.7. The van der Waals surface area contributed by atoms with Crippen molar-refractivity contribution in [3.05, 3.63) is 89.5 Å². The lowest BCUT2D eigenvalue weighted by atomic mass is 9.95. The minimum absolute atomic E-state index is 0.0111. The molecule has 0 saturated carbocycles. The van der Waals surface area contributed by atoms with E-state index in [0.717, 1.165) is 5.69 Å². The van der Waals surface area contributed by atoms with Crippen LogP contribution in [0.15, 0.2) is 78.4 Å². The van der Waals surface area contributed by atoms with Crippen LogP contribution in [0.2, 0.25) is 0 Å². The minimum Gasteiger partial charge on any atom is -0.507 e. The molecule has 1 unspecified atom stereocenters. The molecule has 1 aliphatic heterocycles. The zero-order valence-corrected chi connectivity index (χ0v) is 21.8. The van der Waals surface area contributed by atoms with E-state index in [1.54, 1.807) is 36.4 Å². The Morgan fingerprint density at radius 2 is 1.65 bits per heavy atom. The highest BCUT2D eigenvalue weighted by Gasteiger charge is 2.47.